The van der Waals surface area contributed by atoms with Crippen LogP contribution in [0.3, 0.4) is 0 Å². The van der Waals surface area contributed by atoms with E-state index < -0.39 is 0 Å². The van der Waals surface area contributed by atoms with E-state index in [9.17, 15) is 14.4 Å². The van der Waals surface area contributed by atoms with Crippen molar-refractivity contribution >= 4 is 17.8 Å². The molecule has 1 aliphatic rings. The van der Waals surface area contributed by atoms with E-state index in [4.69, 9.17) is 28.4 Å². The van der Waals surface area contributed by atoms with Crippen LogP contribution < -0.4 is 5.32 Å². The fourth-order valence-electron chi connectivity index (χ4n) is 8.17. The molecule has 0 aliphatic carbocycles. The number of ether oxygens (including phenoxy) is 6. The minimum atomic E-state index is -0.310. The number of likely N-dealkylation sites (tertiary alicyclic amines) is 1. The van der Waals surface area contributed by atoms with E-state index in [1.54, 1.807) is 0 Å². The molecule has 62 heavy (non-hydrogen) atoms. The van der Waals surface area contributed by atoms with Crippen molar-refractivity contribution in [2.75, 3.05) is 85.7 Å². The molecule has 1 heterocycles. The second-order valence-electron chi connectivity index (χ2n) is 18.1. The van der Waals surface area contributed by atoms with Crippen LogP contribution in [0, 0.1) is 17.8 Å². The fourth-order valence-corrected chi connectivity index (χ4v) is 8.17. The number of nitrogens with zero attached hydrogens (tertiary/aromatic N) is 1. The van der Waals surface area contributed by atoms with Gasteiger partial charge in [0.2, 0.25) is 5.91 Å². The van der Waals surface area contributed by atoms with Crippen molar-refractivity contribution in [2.24, 2.45) is 17.8 Å². The summed E-state index contributed by atoms with van der Waals surface area (Å²) in [5.41, 5.74) is 0. The van der Waals surface area contributed by atoms with Gasteiger partial charge in [0.15, 0.2) is 0 Å². The van der Waals surface area contributed by atoms with Gasteiger partial charge in [-0.2, -0.15) is 0 Å². The minimum absolute atomic E-state index is 0.00720. The van der Waals surface area contributed by atoms with Crippen LogP contribution in [-0.2, 0) is 42.8 Å². The Morgan fingerprint density at radius 3 is 1.24 bits per heavy atom. The molecule has 1 aliphatic heterocycles. The third-order valence-corrected chi connectivity index (χ3v) is 12.0. The van der Waals surface area contributed by atoms with Gasteiger partial charge in [-0.3, -0.25) is 14.4 Å². The van der Waals surface area contributed by atoms with Gasteiger partial charge in [0.1, 0.15) is 13.2 Å². The van der Waals surface area contributed by atoms with E-state index in [1.165, 1.54) is 103 Å². The molecule has 11 nitrogen and oxygen atoms in total. The standard InChI is InChI=1S/C51H98N2O9/c1-6-10-14-18-20-24-29-46(27-22-16-12-8-3)50(55)61-39-37-57-33-35-59-43-48(52-49(54)31-26-32-53-41-45(5)42-53)44-60-36-34-58-38-40-62-51(56)47(28-23-17-13-9-4)30-25-21-19-15-11-7-2/h45-48H,6-44H2,1-5H3,(H,52,54). The zero-order valence-corrected chi connectivity index (χ0v) is 41.0. The molecule has 1 saturated heterocycles. The highest BCUT2D eigenvalue weighted by molar-refractivity contribution is 5.76. The lowest BCUT2D eigenvalue weighted by Gasteiger charge is -2.37. The Hall–Kier alpha value is -1.79. The molecule has 11 heteroatoms. The number of unbranched alkanes of at least 4 members (excludes halogenated alkanes) is 16. The Labute approximate surface area is 380 Å². The first-order valence-electron chi connectivity index (χ1n) is 26.0. The summed E-state index contributed by atoms with van der Waals surface area (Å²) in [4.78, 5) is 41.1. The lowest BCUT2D eigenvalue weighted by atomic mass is 9.94. The van der Waals surface area contributed by atoms with Gasteiger partial charge in [0, 0.05) is 19.5 Å². The molecule has 0 aromatic rings. The summed E-state index contributed by atoms with van der Waals surface area (Å²) in [6.07, 6.45) is 28.9. The number of esters is 2. The van der Waals surface area contributed by atoms with Gasteiger partial charge >= 0.3 is 11.9 Å². The van der Waals surface area contributed by atoms with Gasteiger partial charge < -0.3 is 38.6 Å². The molecule has 0 aromatic heterocycles. The molecule has 0 bridgehead atoms. The van der Waals surface area contributed by atoms with Crippen LogP contribution in [0.25, 0.3) is 0 Å². The highest BCUT2D eigenvalue weighted by Gasteiger charge is 2.23. The van der Waals surface area contributed by atoms with E-state index in [0.717, 1.165) is 83.3 Å². The van der Waals surface area contributed by atoms with Crippen molar-refractivity contribution < 1.29 is 42.8 Å². The summed E-state index contributed by atoms with van der Waals surface area (Å²) in [5, 5.41) is 3.10. The molecule has 1 fully saturated rings. The molecule has 1 N–H and O–H groups in total. The van der Waals surface area contributed by atoms with Gasteiger partial charge in [-0.1, -0.05) is 163 Å². The Morgan fingerprint density at radius 1 is 0.484 bits per heavy atom. The molecular weight excluding hydrogens is 785 g/mol. The van der Waals surface area contributed by atoms with Crippen LogP contribution in [0.1, 0.15) is 202 Å². The zero-order chi connectivity index (χ0) is 45.1. The third kappa shape index (κ3) is 34.6. The number of rotatable bonds is 47. The van der Waals surface area contributed by atoms with Crippen molar-refractivity contribution in [3.05, 3.63) is 0 Å². The number of nitrogens with one attached hydrogen (secondary N) is 1. The van der Waals surface area contributed by atoms with Crippen LogP contribution in [0.5, 0.6) is 0 Å². The summed E-state index contributed by atoms with van der Waals surface area (Å²) < 4.78 is 34.6. The van der Waals surface area contributed by atoms with Gasteiger partial charge in [-0.05, 0) is 44.6 Å². The molecule has 0 radical (unpaired) electrons. The van der Waals surface area contributed by atoms with Crippen molar-refractivity contribution in [2.45, 2.75) is 208 Å². The highest BCUT2D eigenvalue weighted by Crippen LogP contribution is 2.22. The number of hydrogen-bond acceptors (Lipinski definition) is 10. The number of carbonyl (C=O) groups excluding carboxylic acids is 3. The Morgan fingerprint density at radius 2 is 0.839 bits per heavy atom. The van der Waals surface area contributed by atoms with E-state index >= 15 is 0 Å². The number of hydrogen-bond donors (Lipinski definition) is 1. The van der Waals surface area contributed by atoms with E-state index in [1.807, 2.05) is 0 Å². The molecule has 0 spiro atoms. The van der Waals surface area contributed by atoms with Crippen molar-refractivity contribution in [1.29, 1.82) is 0 Å². The average Bonchev–Trinajstić information content (AvgIpc) is 3.25. The fraction of sp³-hybridized carbons (Fsp3) is 0.941. The molecule has 0 aromatic carbocycles. The maximum atomic E-state index is 12.9. The summed E-state index contributed by atoms with van der Waals surface area (Å²) in [5.74, 6) is 0.527. The number of carbonyl (C=O) groups is 3. The Balaban J connectivity index is 2.40. The second-order valence-corrected chi connectivity index (χ2v) is 18.1. The van der Waals surface area contributed by atoms with Gasteiger partial charge in [-0.15, -0.1) is 0 Å². The van der Waals surface area contributed by atoms with Gasteiger partial charge in [0.05, 0.1) is 70.7 Å². The summed E-state index contributed by atoms with van der Waals surface area (Å²) >= 11 is 0. The minimum Gasteiger partial charge on any atom is -0.463 e. The quantitative estimate of drug-likeness (QED) is 0.0467. The lowest BCUT2D eigenvalue weighted by Crippen LogP contribution is -2.46. The van der Waals surface area contributed by atoms with Gasteiger partial charge in [-0.25, -0.2) is 0 Å². The predicted octanol–water partition coefficient (Wildman–Crippen LogP) is 11.0. The zero-order valence-electron chi connectivity index (χ0n) is 41.0. The van der Waals surface area contributed by atoms with Crippen LogP contribution in [0.15, 0.2) is 0 Å². The topological polar surface area (TPSA) is 122 Å². The second kappa shape index (κ2) is 43.1. The molecule has 366 valence electrons. The molecule has 2 atom stereocenters. The smallest absolute Gasteiger partial charge is 0.309 e. The Bertz CT molecular complexity index is 967. The third-order valence-electron chi connectivity index (χ3n) is 12.0. The van der Waals surface area contributed by atoms with Gasteiger partial charge in [0.25, 0.3) is 0 Å². The van der Waals surface area contributed by atoms with E-state index in [0.29, 0.717) is 59.3 Å². The van der Waals surface area contributed by atoms with Crippen LogP contribution >= 0.6 is 0 Å². The van der Waals surface area contributed by atoms with E-state index in [2.05, 4.69) is 44.8 Å². The van der Waals surface area contributed by atoms with Crippen molar-refractivity contribution in [1.82, 2.24) is 10.2 Å². The normalized spacial score (nSPS) is 14.7. The van der Waals surface area contributed by atoms with Crippen LogP contribution in [0.2, 0.25) is 0 Å². The maximum Gasteiger partial charge on any atom is 0.309 e. The highest BCUT2D eigenvalue weighted by atomic mass is 16.6. The summed E-state index contributed by atoms with van der Waals surface area (Å²) in [6, 6.07) is -0.310. The lowest BCUT2D eigenvalue weighted by molar-refractivity contribution is -0.151. The summed E-state index contributed by atoms with van der Waals surface area (Å²) in [7, 11) is 0. The van der Waals surface area contributed by atoms with Crippen LogP contribution in [-0.4, -0.2) is 114 Å². The molecule has 2 unspecified atom stereocenters. The first-order chi connectivity index (χ1) is 30.3. The summed E-state index contributed by atoms with van der Waals surface area (Å²) in [6.45, 7) is 17.4. The first kappa shape index (κ1) is 58.2. The molecule has 1 rings (SSSR count). The molecule has 0 saturated carbocycles. The number of amides is 1. The predicted molar refractivity (Wildman–Crippen MR) is 252 cm³/mol. The van der Waals surface area contributed by atoms with Crippen LogP contribution in [0.4, 0.5) is 0 Å². The van der Waals surface area contributed by atoms with E-state index in [-0.39, 0.29) is 48.9 Å². The molecular formula is C51H98N2O9. The monoisotopic (exact) mass is 883 g/mol. The SMILES string of the molecule is CCCCCCCCC(CCCCCC)C(=O)OCCOCCOCC(COCCOCCOC(=O)C(CCCCCC)CCCCCCCC)NC(=O)CCCN1CC(C)C1. The average molecular weight is 883 g/mol. The molecule has 1 amide bonds. The maximum absolute atomic E-state index is 12.9. The van der Waals surface area contributed by atoms with Crippen molar-refractivity contribution in [3.63, 3.8) is 0 Å². The van der Waals surface area contributed by atoms with Crippen molar-refractivity contribution in [3.8, 4) is 0 Å². The largest absolute Gasteiger partial charge is 0.463 e. The Kier molecular flexibility index (Phi) is 40.5. The first-order valence-corrected chi connectivity index (χ1v) is 26.0.